The molecular weight excluding hydrogens is 256 g/mol. The van der Waals surface area contributed by atoms with Crippen molar-refractivity contribution in [1.29, 1.82) is 0 Å². The average molecular weight is 276 g/mol. The van der Waals surface area contributed by atoms with Gasteiger partial charge in [0.1, 0.15) is 0 Å². The van der Waals surface area contributed by atoms with Crippen molar-refractivity contribution in [2.24, 2.45) is 5.92 Å². The summed E-state index contributed by atoms with van der Waals surface area (Å²) >= 11 is 0. The molecule has 1 aromatic rings. The van der Waals surface area contributed by atoms with Crippen LogP contribution in [0.5, 0.6) is 0 Å². The summed E-state index contributed by atoms with van der Waals surface area (Å²) in [6.07, 6.45) is 2.71. The minimum atomic E-state index is -0.772. The number of amides is 2. The number of carbonyl (C=O) groups excluding carboxylic acids is 1. The van der Waals surface area contributed by atoms with Gasteiger partial charge in [-0.15, -0.1) is 0 Å². The van der Waals surface area contributed by atoms with Crippen LogP contribution in [0.2, 0.25) is 0 Å². The third-order valence-electron chi connectivity index (χ3n) is 3.76. The van der Waals surface area contributed by atoms with Crippen LogP contribution in [0, 0.1) is 5.92 Å². The molecule has 2 rings (SSSR count). The maximum absolute atomic E-state index is 11.9. The highest BCUT2D eigenvalue weighted by atomic mass is 16.4. The Hall–Kier alpha value is -2.04. The Kier molecular flexibility index (Phi) is 4.61. The van der Waals surface area contributed by atoms with Gasteiger partial charge in [0.15, 0.2) is 0 Å². The van der Waals surface area contributed by atoms with Gasteiger partial charge >= 0.3 is 12.0 Å². The number of carboxylic acid groups (broad SMARTS) is 1. The Balaban J connectivity index is 1.89. The number of hydrogen-bond donors (Lipinski definition) is 3. The average Bonchev–Trinajstić information content (AvgIpc) is 2.88. The molecule has 1 aliphatic rings. The lowest BCUT2D eigenvalue weighted by molar-refractivity contribution is -0.141. The van der Waals surface area contributed by atoms with E-state index in [1.165, 1.54) is 0 Å². The van der Waals surface area contributed by atoms with E-state index < -0.39 is 5.97 Å². The number of anilines is 1. The molecule has 0 aliphatic heterocycles. The van der Waals surface area contributed by atoms with Crippen molar-refractivity contribution in [2.45, 2.75) is 38.6 Å². The summed E-state index contributed by atoms with van der Waals surface area (Å²) in [5.41, 5.74) is 1.89. The number of nitrogens with one attached hydrogen (secondary N) is 2. The highest BCUT2D eigenvalue weighted by molar-refractivity contribution is 5.90. The molecule has 0 heterocycles. The first-order chi connectivity index (χ1) is 9.60. The SMILES string of the molecule is CCc1ccccc1NC(=O)N[C@H]1CC[C@@H](C(=O)O)C1. The number of urea groups is 1. The molecule has 0 bridgehead atoms. The molecule has 0 aromatic heterocycles. The first-order valence-electron chi connectivity index (χ1n) is 6.98. The lowest BCUT2D eigenvalue weighted by Crippen LogP contribution is -2.36. The number of carboxylic acids is 1. The Bertz CT molecular complexity index is 502. The van der Waals surface area contributed by atoms with Crippen LogP contribution in [0.4, 0.5) is 10.5 Å². The highest BCUT2D eigenvalue weighted by Gasteiger charge is 2.30. The first-order valence-corrected chi connectivity index (χ1v) is 6.98. The molecule has 5 heteroatoms. The molecule has 1 fully saturated rings. The largest absolute Gasteiger partial charge is 0.481 e. The Labute approximate surface area is 118 Å². The molecule has 1 aliphatic carbocycles. The Morgan fingerprint density at radius 3 is 2.70 bits per heavy atom. The molecule has 1 aromatic carbocycles. The van der Waals surface area contributed by atoms with E-state index in [1.54, 1.807) is 0 Å². The van der Waals surface area contributed by atoms with E-state index in [4.69, 9.17) is 5.11 Å². The van der Waals surface area contributed by atoms with Crippen molar-refractivity contribution in [3.8, 4) is 0 Å². The van der Waals surface area contributed by atoms with Gasteiger partial charge in [-0.2, -0.15) is 0 Å². The summed E-state index contributed by atoms with van der Waals surface area (Å²) in [6.45, 7) is 2.03. The minimum absolute atomic E-state index is 0.0510. The van der Waals surface area contributed by atoms with Gasteiger partial charge in [0.05, 0.1) is 5.92 Å². The summed E-state index contributed by atoms with van der Waals surface area (Å²) in [4.78, 5) is 22.8. The zero-order valence-electron chi connectivity index (χ0n) is 11.6. The zero-order valence-corrected chi connectivity index (χ0v) is 11.6. The van der Waals surface area contributed by atoms with Crippen LogP contribution in [0.15, 0.2) is 24.3 Å². The normalized spacial score (nSPS) is 21.4. The van der Waals surface area contributed by atoms with Gasteiger partial charge in [0, 0.05) is 11.7 Å². The van der Waals surface area contributed by atoms with E-state index in [1.807, 2.05) is 31.2 Å². The molecule has 3 N–H and O–H groups in total. The van der Waals surface area contributed by atoms with Crippen LogP contribution in [0.3, 0.4) is 0 Å². The van der Waals surface area contributed by atoms with Crippen LogP contribution in [0.1, 0.15) is 31.7 Å². The van der Waals surface area contributed by atoms with Crippen molar-refractivity contribution in [1.82, 2.24) is 5.32 Å². The third-order valence-corrected chi connectivity index (χ3v) is 3.76. The fourth-order valence-electron chi connectivity index (χ4n) is 2.63. The fourth-order valence-corrected chi connectivity index (χ4v) is 2.63. The predicted molar refractivity (Wildman–Crippen MR) is 76.7 cm³/mol. The number of hydrogen-bond acceptors (Lipinski definition) is 2. The van der Waals surface area contributed by atoms with Gasteiger partial charge < -0.3 is 15.7 Å². The van der Waals surface area contributed by atoms with E-state index in [0.717, 1.165) is 24.1 Å². The molecule has 5 nitrogen and oxygen atoms in total. The summed E-state index contributed by atoms with van der Waals surface area (Å²) in [5, 5.41) is 14.6. The van der Waals surface area contributed by atoms with Crippen molar-refractivity contribution >= 4 is 17.7 Å². The van der Waals surface area contributed by atoms with Crippen LogP contribution < -0.4 is 10.6 Å². The molecule has 0 saturated heterocycles. The molecule has 2 atom stereocenters. The number of rotatable bonds is 4. The smallest absolute Gasteiger partial charge is 0.319 e. The topological polar surface area (TPSA) is 78.4 Å². The van der Waals surface area contributed by atoms with Gasteiger partial charge in [-0.25, -0.2) is 4.79 Å². The second-order valence-electron chi connectivity index (χ2n) is 5.15. The first kappa shape index (κ1) is 14.4. The van der Waals surface area contributed by atoms with E-state index in [9.17, 15) is 9.59 Å². The Morgan fingerprint density at radius 1 is 1.30 bits per heavy atom. The second-order valence-corrected chi connectivity index (χ2v) is 5.15. The highest BCUT2D eigenvalue weighted by Crippen LogP contribution is 2.25. The van der Waals surface area contributed by atoms with Crippen molar-refractivity contribution in [3.05, 3.63) is 29.8 Å². The lowest BCUT2D eigenvalue weighted by Gasteiger charge is -2.15. The summed E-state index contributed by atoms with van der Waals surface area (Å²) in [7, 11) is 0. The maximum Gasteiger partial charge on any atom is 0.319 e. The molecule has 1 saturated carbocycles. The third kappa shape index (κ3) is 3.50. The molecule has 20 heavy (non-hydrogen) atoms. The lowest BCUT2D eigenvalue weighted by atomic mass is 10.1. The summed E-state index contributed by atoms with van der Waals surface area (Å²) in [5.74, 6) is -1.10. The number of aryl methyl sites for hydroxylation is 1. The number of aliphatic carboxylic acids is 1. The van der Waals surface area contributed by atoms with Gasteiger partial charge in [-0.3, -0.25) is 4.79 Å². The van der Waals surface area contributed by atoms with Crippen LogP contribution in [0.25, 0.3) is 0 Å². The monoisotopic (exact) mass is 276 g/mol. The fraction of sp³-hybridized carbons (Fsp3) is 0.467. The number of carbonyl (C=O) groups is 2. The van der Waals surface area contributed by atoms with E-state index in [-0.39, 0.29) is 18.0 Å². The van der Waals surface area contributed by atoms with E-state index in [0.29, 0.717) is 12.8 Å². The van der Waals surface area contributed by atoms with Crippen LogP contribution in [-0.4, -0.2) is 23.1 Å². The van der Waals surface area contributed by atoms with E-state index in [2.05, 4.69) is 10.6 Å². The predicted octanol–water partition coefficient (Wildman–Crippen LogP) is 2.62. The van der Waals surface area contributed by atoms with Gasteiger partial charge in [0.2, 0.25) is 0 Å². The molecular formula is C15H20N2O3. The van der Waals surface area contributed by atoms with Gasteiger partial charge in [-0.05, 0) is 37.3 Å². The molecule has 108 valence electrons. The Morgan fingerprint density at radius 2 is 2.05 bits per heavy atom. The molecule has 0 unspecified atom stereocenters. The standard InChI is InChI=1S/C15H20N2O3/c1-2-10-5-3-4-6-13(10)17-15(20)16-12-8-7-11(9-12)14(18)19/h3-6,11-12H,2,7-9H2,1H3,(H,18,19)(H2,16,17,20)/t11-,12+/m1/s1. The van der Waals surface area contributed by atoms with E-state index >= 15 is 0 Å². The quantitative estimate of drug-likeness (QED) is 0.791. The molecule has 0 radical (unpaired) electrons. The number of para-hydroxylation sites is 1. The summed E-state index contributed by atoms with van der Waals surface area (Å²) < 4.78 is 0. The van der Waals surface area contributed by atoms with Crippen molar-refractivity contribution in [3.63, 3.8) is 0 Å². The zero-order chi connectivity index (χ0) is 14.5. The van der Waals surface area contributed by atoms with Crippen LogP contribution in [-0.2, 0) is 11.2 Å². The van der Waals surface area contributed by atoms with Crippen molar-refractivity contribution < 1.29 is 14.7 Å². The number of benzene rings is 1. The molecule has 2 amide bonds. The van der Waals surface area contributed by atoms with Gasteiger partial charge in [-0.1, -0.05) is 25.1 Å². The molecule has 0 spiro atoms. The maximum atomic E-state index is 11.9. The second kappa shape index (κ2) is 6.41. The minimum Gasteiger partial charge on any atom is -0.481 e. The van der Waals surface area contributed by atoms with Crippen LogP contribution >= 0.6 is 0 Å². The summed E-state index contributed by atoms with van der Waals surface area (Å²) in [6, 6.07) is 7.35. The van der Waals surface area contributed by atoms with Gasteiger partial charge in [0.25, 0.3) is 0 Å². The van der Waals surface area contributed by atoms with Crippen molar-refractivity contribution in [2.75, 3.05) is 5.32 Å².